The van der Waals surface area contributed by atoms with E-state index in [-0.39, 0.29) is 0 Å². The first-order valence-corrected chi connectivity index (χ1v) is 6.09. The number of hydrogen-bond acceptors (Lipinski definition) is 2. The summed E-state index contributed by atoms with van der Waals surface area (Å²) < 4.78 is 2.14. The summed E-state index contributed by atoms with van der Waals surface area (Å²) in [5, 5.41) is 8.82. The quantitative estimate of drug-likeness (QED) is 0.693. The molecule has 3 rings (SSSR count). The van der Waals surface area contributed by atoms with Gasteiger partial charge in [-0.2, -0.15) is 5.26 Å². The van der Waals surface area contributed by atoms with E-state index in [9.17, 15) is 0 Å². The lowest BCUT2D eigenvalue weighted by atomic mass is 10.2. The highest BCUT2D eigenvalue weighted by atomic mass is 15.2. The average Bonchev–Trinajstić information content (AvgIpc) is 2.90. The summed E-state index contributed by atoms with van der Waals surface area (Å²) in [4.78, 5) is 2.11. The van der Waals surface area contributed by atoms with Gasteiger partial charge in [-0.1, -0.05) is 6.07 Å². The number of anilines is 2. The largest absolute Gasteiger partial charge is 0.331 e. The molecule has 2 heterocycles. The van der Waals surface area contributed by atoms with Gasteiger partial charge in [-0.25, -0.2) is 0 Å². The third-order valence-electron chi connectivity index (χ3n) is 3.27. The average molecular weight is 247 g/mol. The predicted octanol–water partition coefficient (Wildman–Crippen LogP) is 3.58. The molecule has 92 valence electrons. The fourth-order valence-corrected chi connectivity index (χ4v) is 2.21. The Labute approximate surface area is 111 Å². The number of aromatic nitrogens is 1. The highest BCUT2D eigenvalue weighted by molar-refractivity contribution is 5.66. The van der Waals surface area contributed by atoms with Crippen molar-refractivity contribution in [1.82, 2.24) is 4.40 Å². The van der Waals surface area contributed by atoms with Gasteiger partial charge in [0.1, 0.15) is 5.82 Å². The van der Waals surface area contributed by atoms with Gasteiger partial charge < -0.3 is 9.30 Å². The maximum atomic E-state index is 8.82. The number of nitrogens with zero attached hydrogens (tertiary/aromatic N) is 3. The zero-order valence-electron chi connectivity index (χ0n) is 10.6. The minimum absolute atomic E-state index is 0.678. The van der Waals surface area contributed by atoms with Gasteiger partial charge in [-0.15, -0.1) is 0 Å². The molecule has 2 aromatic heterocycles. The van der Waals surface area contributed by atoms with Crippen LogP contribution in [0.25, 0.3) is 5.52 Å². The van der Waals surface area contributed by atoms with E-state index in [1.165, 1.54) is 0 Å². The Balaban J connectivity index is 2.03. The molecule has 3 aromatic rings. The molecule has 0 spiro atoms. The summed E-state index contributed by atoms with van der Waals surface area (Å²) in [7, 11) is 2.02. The molecular formula is C16H13N3. The third-order valence-corrected chi connectivity index (χ3v) is 3.27. The van der Waals surface area contributed by atoms with Crippen LogP contribution in [0.4, 0.5) is 11.5 Å². The van der Waals surface area contributed by atoms with Crippen LogP contribution in [0.5, 0.6) is 0 Å². The molecule has 1 aromatic carbocycles. The minimum Gasteiger partial charge on any atom is -0.331 e. The summed E-state index contributed by atoms with van der Waals surface area (Å²) in [6.07, 6.45) is 2.05. The Kier molecular flexibility index (Phi) is 2.70. The molecule has 0 aliphatic carbocycles. The van der Waals surface area contributed by atoms with E-state index in [2.05, 4.69) is 33.6 Å². The molecule has 0 saturated carbocycles. The van der Waals surface area contributed by atoms with Gasteiger partial charge in [0.25, 0.3) is 0 Å². The molecule has 0 aliphatic rings. The fraction of sp³-hybridized carbons (Fsp3) is 0.0625. The predicted molar refractivity (Wildman–Crippen MR) is 76.6 cm³/mol. The van der Waals surface area contributed by atoms with Crippen LogP contribution in [0.2, 0.25) is 0 Å². The molecule has 0 bridgehead atoms. The minimum atomic E-state index is 0.678. The van der Waals surface area contributed by atoms with E-state index >= 15 is 0 Å². The zero-order valence-corrected chi connectivity index (χ0v) is 10.6. The topological polar surface area (TPSA) is 31.4 Å². The first kappa shape index (κ1) is 11.4. The Morgan fingerprint density at radius 2 is 1.79 bits per heavy atom. The Morgan fingerprint density at radius 3 is 2.53 bits per heavy atom. The van der Waals surface area contributed by atoms with Crippen molar-refractivity contribution >= 4 is 17.0 Å². The molecular weight excluding hydrogens is 234 g/mol. The van der Waals surface area contributed by atoms with Crippen molar-refractivity contribution in [1.29, 1.82) is 5.26 Å². The second kappa shape index (κ2) is 4.51. The number of benzene rings is 1. The molecule has 3 nitrogen and oxygen atoms in total. The van der Waals surface area contributed by atoms with Crippen LogP contribution >= 0.6 is 0 Å². The highest BCUT2D eigenvalue weighted by Crippen LogP contribution is 2.25. The smallest absolute Gasteiger partial charge is 0.117 e. The molecule has 19 heavy (non-hydrogen) atoms. The van der Waals surface area contributed by atoms with Crippen molar-refractivity contribution in [2.75, 3.05) is 11.9 Å². The van der Waals surface area contributed by atoms with Gasteiger partial charge in [0.2, 0.25) is 0 Å². The third kappa shape index (κ3) is 1.94. The second-order valence-corrected chi connectivity index (χ2v) is 4.40. The van der Waals surface area contributed by atoms with Gasteiger partial charge in [0.15, 0.2) is 0 Å². The second-order valence-electron chi connectivity index (χ2n) is 4.40. The first-order chi connectivity index (χ1) is 9.29. The van der Waals surface area contributed by atoms with Crippen LogP contribution in [0.1, 0.15) is 5.56 Å². The maximum absolute atomic E-state index is 8.82. The molecule has 0 atom stereocenters. The molecule has 0 aliphatic heterocycles. The van der Waals surface area contributed by atoms with E-state index in [1.54, 1.807) is 0 Å². The van der Waals surface area contributed by atoms with Gasteiger partial charge >= 0.3 is 0 Å². The van der Waals surface area contributed by atoms with E-state index in [0.29, 0.717) is 5.56 Å². The normalized spacial score (nSPS) is 10.3. The highest BCUT2D eigenvalue weighted by Gasteiger charge is 2.08. The van der Waals surface area contributed by atoms with Crippen molar-refractivity contribution < 1.29 is 0 Å². The lowest BCUT2D eigenvalue weighted by Crippen LogP contribution is -2.11. The maximum Gasteiger partial charge on any atom is 0.117 e. The van der Waals surface area contributed by atoms with E-state index < -0.39 is 0 Å². The standard InChI is InChI=1S/C16H13N3/c1-18(14-7-5-13(12-17)6-8-14)16-10-9-15-4-2-3-11-19(15)16/h2-11H,1H3. The van der Waals surface area contributed by atoms with Crippen LogP contribution in [0.3, 0.4) is 0 Å². The van der Waals surface area contributed by atoms with Crippen LogP contribution in [-0.4, -0.2) is 11.4 Å². The van der Waals surface area contributed by atoms with Crippen LogP contribution in [0, 0.1) is 11.3 Å². The number of pyridine rings is 1. The van der Waals surface area contributed by atoms with Crippen molar-refractivity contribution in [3.63, 3.8) is 0 Å². The van der Waals surface area contributed by atoms with Gasteiger partial charge in [0, 0.05) is 24.4 Å². The first-order valence-electron chi connectivity index (χ1n) is 6.09. The lowest BCUT2D eigenvalue weighted by Gasteiger charge is -2.19. The lowest BCUT2D eigenvalue weighted by molar-refractivity contribution is 1.08. The van der Waals surface area contributed by atoms with Gasteiger partial charge in [0.05, 0.1) is 11.6 Å². The Morgan fingerprint density at radius 1 is 1.00 bits per heavy atom. The van der Waals surface area contributed by atoms with Crippen LogP contribution in [-0.2, 0) is 0 Å². The van der Waals surface area contributed by atoms with Crippen molar-refractivity contribution in [3.05, 3.63) is 66.4 Å². The van der Waals surface area contributed by atoms with Gasteiger partial charge in [-0.3, -0.25) is 0 Å². The molecule has 0 radical (unpaired) electrons. The molecule has 0 N–H and O–H groups in total. The number of nitriles is 1. The summed E-state index contributed by atoms with van der Waals surface area (Å²) in [6, 6.07) is 20.0. The van der Waals surface area contributed by atoms with Crippen molar-refractivity contribution in [2.45, 2.75) is 0 Å². The fourth-order valence-electron chi connectivity index (χ4n) is 2.21. The Hall–Kier alpha value is -2.73. The molecule has 0 unspecified atom stereocenters. The van der Waals surface area contributed by atoms with E-state index in [4.69, 9.17) is 5.26 Å². The summed E-state index contributed by atoms with van der Waals surface area (Å²) in [5.41, 5.74) is 2.90. The van der Waals surface area contributed by atoms with Crippen LogP contribution in [0.15, 0.2) is 60.8 Å². The Bertz CT molecular complexity index is 748. The summed E-state index contributed by atoms with van der Waals surface area (Å²) >= 11 is 0. The monoisotopic (exact) mass is 247 g/mol. The number of hydrogen-bond donors (Lipinski definition) is 0. The summed E-state index contributed by atoms with van der Waals surface area (Å²) in [6.45, 7) is 0. The molecule has 0 fully saturated rings. The molecule has 0 amide bonds. The molecule has 0 saturated heterocycles. The number of rotatable bonds is 2. The SMILES string of the molecule is CN(c1ccc(C#N)cc1)c1ccc2ccccn12. The van der Waals surface area contributed by atoms with Crippen molar-refractivity contribution in [3.8, 4) is 6.07 Å². The van der Waals surface area contributed by atoms with Crippen LogP contribution < -0.4 is 4.90 Å². The molecule has 3 heteroatoms. The number of fused-ring (bicyclic) bond motifs is 1. The summed E-state index contributed by atoms with van der Waals surface area (Å²) in [5.74, 6) is 1.10. The van der Waals surface area contributed by atoms with Gasteiger partial charge in [-0.05, 0) is 48.5 Å². The van der Waals surface area contributed by atoms with Crippen molar-refractivity contribution in [2.24, 2.45) is 0 Å². The zero-order chi connectivity index (χ0) is 13.2. The van der Waals surface area contributed by atoms with E-state index in [1.807, 2.05) is 49.6 Å². The van der Waals surface area contributed by atoms with E-state index in [0.717, 1.165) is 17.0 Å².